The van der Waals surface area contributed by atoms with E-state index in [4.69, 9.17) is 0 Å². The molecule has 0 spiro atoms. The van der Waals surface area contributed by atoms with E-state index in [-0.39, 0.29) is 0 Å². The standard InChI is InChI=1S/C10H20.C8H18N2.C5H12/c1-10(2,3)9-7-5-4-6-8-9;1-8(2,3)10-6-4-9-5-7-10;1-5(2,3)4/h9H,4-8H2,1-3H3;9H,4-7H2,1-3H3;1-4H3. The van der Waals surface area contributed by atoms with Gasteiger partial charge in [0.25, 0.3) is 0 Å². The van der Waals surface area contributed by atoms with Crippen LogP contribution in [0.5, 0.6) is 0 Å². The van der Waals surface area contributed by atoms with Crippen molar-refractivity contribution in [1.82, 2.24) is 10.2 Å². The third-order valence-corrected chi connectivity index (χ3v) is 4.90. The van der Waals surface area contributed by atoms with Gasteiger partial charge in [-0.15, -0.1) is 0 Å². The monoisotopic (exact) mass is 354 g/mol. The van der Waals surface area contributed by atoms with Gasteiger partial charge in [-0.2, -0.15) is 0 Å². The van der Waals surface area contributed by atoms with Crippen LogP contribution in [-0.2, 0) is 0 Å². The number of nitrogens with one attached hydrogen (secondary N) is 1. The molecule has 25 heavy (non-hydrogen) atoms. The molecule has 1 aliphatic carbocycles. The van der Waals surface area contributed by atoms with Crippen molar-refractivity contribution in [2.75, 3.05) is 26.2 Å². The average Bonchev–Trinajstić information content (AvgIpc) is 2.46. The molecule has 2 aliphatic rings. The maximum atomic E-state index is 3.35. The Balaban J connectivity index is 0.000000368. The molecular formula is C23H50N2. The first-order valence-electron chi connectivity index (χ1n) is 10.7. The van der Waals surface area contributed by atoms with Crippen LogP contribution in [0.1, 0.15) is 101 Å². The van der Waals surface area contributed by atoms with Gasteiger partial charge in [0.2, 0.25) is 0 Å². The summed E-state index contributed by atoms with van der Waals surface area (Å²) in [5, 5.41) is 3.35. The van der Waals surface area contributed by atoms with Gasteiger partial charge in [0.1, 0.15) is 0 Å². The van der Waals surface area contributed by atoms with Crippen LogP contribution in [0.3, 0.4) is 0 Å². The maximum Gasteiger partial charge on any atom is 0.0126 e. The molecule has 1 saturated carbocycles. The van der Waals surface area contributed by atoms with Gasteiger partial charge >= 0.3 is 0 Å². The fourth-order valence-electron chi connectivity index (χ4n) is 3.30. The smallest absolute Gasteiger partial charge is 0.0126 e. The molecule has 1 heterocycles. The molecule has 0 aromatic carbocycles. The third kappa shape index (κ3) is 14.7. The van der Waals surface area contributed by atoms with Crippen molar-refractivity contribution in [3.8, 4) is 0 Å². The quantitative estimate of drug-likeness (QED) is 0.545. The largest absolute Gasteiger partial charge is 0.314 e. The molecule has 0 amide bonds. The molecule has 0 unspecified atom stereocenters. The van der Waals surface area contributed by atoms with Crippen LogP contribution < -0.4 is 5.32 Å². The van der Waals surface area contributed by atoms with E-state index in [0.29, 0.717) is 16.4 Å². The summed E-state index contributed by atoms with van der Waals surface area (Å²) < 4.78 is 0. The zero-order valence-electron chi connectivity index (χ0n) is 19.4. The third-order valence-electron chi connectivity index (χ3n) is 4.90. The molecule has 2 fully saturated rings. The predicted molar refractivity (Wildman–Crippen MR) is 115 cm³/mol. The highest BCUT2D eigenvalue weighted by molar-refractivity contribution is 4.80. The molecule has 2 rings (SSSR count). The van der Waals surface area contributed by atoms with Crippen LogP contribution in [0.2, 0.25) is 0 Å². The highest BCUT2D eigenvalue weighted by Crippen LogP contribution is 2.37. The van der Waals surface area contributed by atoms with E-state index in [1.54, 1.807) is 0 Å². The van der Waals surface area contributed by atoms with Gasteiger partial charge in [0.05, 0.1) is 0 Å². The summed E-state index contributed by atoms with van der Waals surface area (Å²) in [5.41, 5.74) is 1.43. The van der Waals surface area contributed by atoms with Crippen LogP contribution in [0.4, 0.5) is 0 Å². The van der Waals surface area contributed by atoms with E-state index < -0.39 is 0 Å². The van der Waals surface area contributed by atoms with Crippen LogP contribution in [-0.4, -0.2) is 36.6 Å². The first-order valence-corrected chi connectivity index (χ1v) is 10.7. The Hall–Kier alpha value is -0.0800. The van der Waals surface area contributed by atoms with Crippen molar-refractivity contribution in [3.05, 3.63) is 0 Å². The zero-order chi connectivity index (χ0) is 19.7. The minimum Gasteiger partial charge on any atom is -0.314 e. The number of rotatable bonds is 0. The molecule has 0 aromatic heterocycles. The Labute approximate surface area is 160 Å². The Morgan fingerprint density at radius 1 is 0.680 bits per heavy atom. The Morgan fingerprint density at radius 3 is 1.32 bits per heavy atom. The number of piperazine rings is 1. The minimum atomic E-state index is 0.363. The van der Waals surface area contributed by atoms with E-state index in [2.05, 4.69) is 79.5 Å². The fraction of sp³-hybridized carbons (Fsp3) is 1.00. The van der Waals surface area contributed by atoms with Crippen molar-refractivity contribution in [2.45, 2.75) is 107 Å². The van der Waals surface area contributed by atoms with E-state index in [1.165, 1.54) is 45.2 Å². The molecule has 0 radical (unpaired) electrons. The summed E-state index contributed by atoms with van der Waals surface area (Å²) >= 11 is 0. The van der Waals surface area contributed by atoms with Crippen LogP contribution in [0, 0.1) is 16.7 Å². The van der Waals surface area contributed by atoms with Gasteiger partial charge in [-0.25, -0.2) is 0 Å². The van der Waals surface area contributed by atoms with E-state index in [0.717, 1.165) is 19.0 Å². The molecular weight excluding hydrogens is 304 g/mol. The Morgan fingerprint density at radius 2 is 1.08 bits per heavy atom. The SMILES string of the molecule is CC(C)(C)C.CC(C)(C)C1CCCCC1.CC(C)(C)N1CCNCC1. The summed E-state index contributed by atoms with van der Waals surface area (Å²) in [7, 11) is 0. The van der Waals surface area contributed by atoms with E-state index in [1.807, 2.05) is 0 Å². The predicted octanol–water partition coefficient (Wildman–Crippen LogP) is 6.36. The summed E-state index contributed by atoms with van der Waals surface area (Å²) in [5.74, 6) is 1.00. The second-order valence-electron chi connectivity index (χ2n) is 11.6. The summed E-state index contributed by atoms with van der Waals surface area (Å²) in [6.45, 7) is 27.4. The highest BCUT2D eigenvalue weighted by atomic mass is 15.2. The fourth-order valence-corrected chi connectivity index (χ4v) is 3.30. The second kappa shape index (κ2) is 10.9. The number of hydrogen-bond acceptors (Lipinski definition) is 2. The topological polar surface area (TPSA) is 15.3 Å². The molecule has 1 saturated heterocycles. The summed E-state index contributed by atoms with van der Waals surface area (Å²) in [4.78, 5) is 2.52. The van der Waals surface area contributed by atoms with Gasteiger partial charge < -0.3 is 5.32 Å². The van der Waals surface area contributed by atoms with Gasteiger partial charge in [0, 0.05) is 31.7 Å². The molecule has 0 bridgehead atoms. The average molecular weight is 355 g/mol. The van der Waals surface area contributed by atoms with Crippen molar-refractivity contribution < 1.29 is 0 Å². The van der Waals surface area contributed by atoms with Crippen LogP contribution in [0.15, 0.2) is 0 Å². The van der Waals surface area contributed by atoms with Crippen LogP contribution >= 0.6 is 0 Å². The molecule has 1 aliphatic heterocycles. The number of hydrogen-bond donors (Lipinski definition) is 1. The van der Waals surface area contributed by atoms with Gasteiger partial charge in [0.15, 0.2) is 0 Å². The van der Waals surface area contributed by atoms with Gasteiger partial charge in [-0.3, -0.25) is 4.90 Å². The highest BCUT2D eigenvalue weighted by Gasteiger charge is 2.25. The van der Waals surface area contributed by atoms with Gasteiger partial charge in [-0.05, 0) is 50.4 Å². The lowest BCUT2D eigenvalue weighted by Crippen LogP contribution is -2.51. The normalized spacial score (nSPS) is 20.9. The van der Waals surface area contributed by atoms with E-state index in [9.17, 15) is 0 Å². The zero-order valence-corrected chi connectivity index (χ0v) is 19.4. The Bertz CT molecular complexity index is 281. The molecule has 0 aromatic rings. The lowest BCUT2D eigenvalue weighted by Gasteiger charge is -2.38. The maximum absolute atomic E-state index is 3.35. The van der Waals surface area contributed by atoms with Crippen LogP contribution in [0.25, 0.3) is 0 Å². The first-order chi connectivity index (χ1) is 11.2. The first kappa shape index (κ1) is 24.9. The van der Waals surface area contributed by atoms with Gasteiger partial charge in [-0.1, -0.05) is 67.7 Å². The van der Waals surface area contributed by atoms with Crippen molar-refractivity contribution >= 4 is 0 Å². The van der Waals surface area contributed by atoms with E-state index >= 15 is 0 Å². The summed E-state index contributed by atoms with van der Waals surface area (Å²) in [6.07, 6.45) is 7.38. The molecule has 2 nitrogen and oxygen atoms in total. The lowest BCUT2D eigenvalue weighted by atomic mass is 9.72. The summed E-state index contributed by atoms with van der Waals surface area (Å²) in [6, 6.07) is 0. The second-order valence-corrected chi connectivity index (χ2v) is 11.6. The van der Waals surface area contributed by atoms with Crippen molar-refractivity contribution in [1.29, 1.82) is 0 Å². The molecule has 0 atom stereocenters. The van der Waals surface area contributed by atoms with Crippen molar-refractivity contribution in [3.63, 3.8) is 0 Å². The molecule has 152 valence electrons. The number of nitrogens with zero attached hydrogens (tertiary/aromatic N) is 1. The molecule has 1 N–H and O–H groups in total. The Kier molecular flexibility index (Phi) is 10.9. The van der Waals surface area contributed by atoms with Crippen molar-refractivity contribution in [2.24, 2.45) is 16.7 Å². The minimum absolute atomic E-state index is 0.363. The molecule has 2 heteroatoms. The lowest BCUT2D eigenvalue weighted by molar-refractivity contribution is 0.119.